The smallest absolute Gasteiger partial charge is 0.130 e. The summed E-state index contributed by atoms with van der Waals surface area (Å²) < 4.78 is 0. The van der Waals surface area contributed by atoms with Crippen LogP contribution in [0.4, 0.5) is 5.82 Å². The van der Waals surface area contributed by atoms with Gasteiger partial charge in [0.15, 0.2) is 0 Å². The van der Waals surface area contributed by atoms with E-state index in [4.69, 9.17) is 11.6 Å². The molecular formula is C19H23ClN4O. The number of hydrogen-bond acceptors (Lipinski definition) is 5. The first-order valence-electron chi connectivity index (χ1n) is 8.81. The summed E-state index contributed by atoms with van der Waals surface area (Å²) in [6, 6.07) is 9.36. The highest BCUT2D eigenvalue weighted by Gasteiger charge is 2.49. The Morgan fingerprint density at radius 1 is 1.20 bits per heavy atom. The lowest BCUT2D eigenvalue weighted by atomic mass is 10.1. The number of halogens is 1. The zero-order valence-corrected chi connectivity index (χ0v) is 15.1. The van der Waals surface area contributed by atoms with Gasteiger partial charge in [0, 0.05) is 29.7 Å². The van der Waals surface area contributed by atoms with E-state index in [-0.39, 0.29) is 6.04 Å². The maximum absolute atomic E-state index is 10.7. The number of nitrogens with one attached hydrogen (secondary N) is 1. The van der Waals surface area contributed by atoms with Gasteiger partial charge in [0.25, 0.3) is 0 Å². The molecule has 1 saturated heterocycles. The normalized spacial score (nSPS) is 21.2. The Morgan fingerprint density at radius 3 is 2.64 bits per heavy atom. The summed E-state index contributed by atoms with van der Waals surface area (Å²) in [6.07, 6.45) is 4.88. The van der Waals surface area contributed by atoms with E-state index in [0.717, 1.165) is 24.3 Å². The third-order valence-corrected chi connectivity index (χ3v) is 5.68. The average Bonchev–Trinajstić information content (AvgIpc) is 3.24. The van der Waals surface area contributed by atoms with Crippen LogP contribution in [0.3, 0.4) is 0 Å². The lowest BCUT2D eigenvalue weighted by Gasteiger charge is -2.29. The van der Waals surface area contributed by atoms with Crippen LogP contribution in [-0.4, -0.2) is 45.3 Å². The van der Waals surface area contributed by atoms with Crippen molar-refractivity contribution in [3.63, 3.8) is 0 Å². The monoisotopic (exact) mass is 358 g/mol. The molecule has 1 saturated carbocycles. The van der Waals surface area contributed by atoms with Gasteiger partial charge in [-0.15, -0.1) is 0 Å². The summed E-state index contributed by atoms with van der Waals surface area (Å²) >= 11 is 5.94. The molecule has 132 valence electrons. The lowest BCUT2D eigenvalue weighted by molar-refractivity contribution is 0.00624. The Hall–Kier alpha value is -1.69. The fourth-order valence-electron chi connectivity index (χ4n) is 3.62. The average molecular weight is 359 g/mol. The Balaban J connectivity index is 1.43. The van der Waals surface area contributed by atoms with Crippen molar-refractivity contribution in [2.45, 2.75) is 38.5 Å². The molecule has 5 nitrogen and oxygen atoms in total. The molecule has 1 aliphatic heterocycles. The van der Waals surface area contributed by atoms with Crippen LogP contribution in [0.5, 0.6) is 0 Å². The van der Waals surface area contributed by atoms with Crippen molar-refractivity contribution < 1.29 is 5.11 Å². The summed E-state index contributed by atoms with van der Waals surface area (Å²) in [5, 5.41) is 14.7. The largest absolute Gasteiger partial charge is 0.376 e. The molecule has 2 atom stereocenters. The van der Waals surface area contributed by atoms with E-state index in [9.17, 15) is 5.11 Å². The van der Waals surface area contributed by atoms with Gasteiger partial charge in [-0.2, -0.15) is 0 Å². The summed E-state index contributed by atoms with van der Waals surface area (Å²) in [7, 11) is 0. The molecule has 1 aromatic heterocycles. The molecule has 2 heterocycles. The van der Waals surface area contributed by atoms with Crippen molar-refractivity contribution in [1.29, 1.82) is 0 Å². The Bertz CT molecular complexity index is 747. The quantitative estimate of drug-likeness (QED) is 0.857. The van der Waals surface area contributed by atoms with Crippen molar-refractivity contribution in [3.05, 3.63) is 41.7 Å². The van der Waals surface area contributed by atoms with Gasteiger partial charge in [0.1, 0.15) is 18.4 Å². The predicted molar refractivity (Wildman–Crippen MR) is 99.4 cm³/mol. The highest BCUT2D eigenvalue weighted by molar-refractivity contribution is 6.30. The first-order valence-corrected chi connectivity index (χ1v) is 9.19. The molecule has 6 heteroatoms. The second kappa shape index (κ2) is 6.56. The van der Waals surface area contributed by atoms with Gasteiger partial charge >= 0.3 is 0 Å². The standard InChI is InChI=1S/C19H23ClN4O/c1-13(18(25)24-9-8-19(11-24)6-7-19)23-17-10-16(21-12-22-17)14-2-4-15(20)5-3-14/h2-5,10,12-13,18,25H,6-9,11H2,1H3,(H,21,22,23)/t13-,18?/m1/s1. The van der Waals surface area contributed by atoms with Gasteiger partial charge in [-0.05, 0) is 43.7 Å². The summed E-state index contributed by atoms with van der Waals surface area (Å²) in [5.74, 6) is 0.715. The maximum Gasteiger partial charge on any atom is 0.130 e. The second-order valence-corrected chi connectivity index (χ2v) is 7.80. The summed E-state index contributed by atoms with van der Waals surface area (Å²) in [5.41, 5.74) is 2.32. The van der Waals surface area contributed by atoms with Crippen LogP contribution in [-0.2, 0) is 0 Å². The molecule has 25 heavy (non-hydrogen) atoms. The van der Waals surface area contributed by atoms with Crippen molar-refractivity contribution in [1.82, 2.24) is 14.9 Å². The number of hydrogen-bond donors (Lipinski definition) is 2. The highest BCUT2D eigenvalue weighted by atomic mass is 35.5. The van der Waals surface area contributed by atoms with Crippen LogP contribution in [0.2, 0.25) is 5.02 Å². The number of rotatable bonds is 5. The fourth-order valence-corrected chi connectivity index (χ4v) is 3.75. The summed E-state index contributed by atoms with van der Waals surface area (Å²) in [6.45, 7) is 3.99. The molecule has 2 N–H and O–H groups in total. The predicted octanol–water partition coefficient (Wildman–Crippen LogP) is 3.40. The minimum Gasteiger partial charge on any atom is -0.376 e. The first kappa shape index (κ1) is 16.8. The number of anilines is 1. The van der Waals surface area contributed by atoms with Crippen molar-refractivity contribution in [2.24, 2.45) is 5.41 Å². The molecule has 1 unspecified atom stereocenters. The van der Waals surface area contributed by atoms with E-state index in [2.05, 4.69) is 20.2 Å². The van der Waals surface area contributed by atoms with Gasteiger partial charge < -0.3 is 10.4 Å². The molecule has 1 spiro atoms. The van der Waals surface area contributed by atoms with Crippen LogP contribution in [0.15, 0.2) is 36.7 Å². The van der Waals surface area contributed by atoms with Gasteiger partial charge in [0.05, 0.1) is 11.7 Å². The SMILES string of the molecule is C[C@@H](Nc1cc(-c2ccc(Cl)cc2)ncn1)C(O)N1CCC2(CC2)C1. The molecule has 2 aliphatic rings. The number of aliphatic hydroxyl groups excluding tert-OH is 1. The Kier molecular flexibility index (Phi) is 4.40. The maximum atomic E-state index is 10.7. The minimum atomic E-state index is -0.506. The lowest BCUT2D eigenvalue weighted by Crippen LogP contribution is -2.44. The third-order valence-electron chi connectivity index (χ3n) is 5.43. The number of benzene rings is 1. The van der Waals surface area contributed by atoms with Gasteiger partial charge in [0.2, 0.25) is 0 Å². The number of nitrogens with zero attached hydrogens (tertiary/aromatic N) is 3. The molecule has 2 aromatic rings. The number of aliphatic hydroxyl groups is 1. The highest BCUT2D eigenvalue weighted by Crippen LogP contribution is 2.53. The van der Waals surface area contributed by atoms with Gasteiger partial charge in [-0.25, -0.2) is 9.97 Å². The Labute approximate surface area is 153 Å². The molecule has 2 fully saturated rings. The van der Waals surface area contributed by atoms with E-state index in [0.29, 0.717) is 16.3 Å². The van der Waals surface area contributed by atoms with Gasteiger partial charge in [-0.3, -0.25) is 4.90 Å². The van der Waals surface area contributed by atoms with E-state index in [1.54, 1.807) is 6.33 Å². The summed E-state index contributed by atoms with van der Waals surface area (Å²) in [4.78, 5) is 10.8. The molecule has 0 amide bonds. The zero-order valence-electron chi connectivity index (χ0n) is 14.3. The van der Waals surface area contributed by atoms with E-state index in [1.807, 2.05) is 37.3 Å². The van der Waals surface area contributed by atoms with E-state index < -0.39 is 6.23 Å². The molecule has 0 radical (unpaired) electrons. The van der Waals surface area contributed by atoms with Crippen LogP contribution in [0.25, 0.3) is 11.3 Å². The number of aromatic nitrogens is 2. The van der Waals surface area contributed by atoms with E-state index >= 15 is 0 Å². The van der Waals surface area contributed by atoms with Crippen LogP contribution in [0, 0.1) is 5.41 Å². The topological polar surface area (TPSA) is 61.3 Å². The van der Waals surface area contributed by atoms with Crippen LogP contribution in [0.1, 0.15) is 26.2 Å². The van der Waals surface area contributed by atoms with Crippen molar-refractivity contribution in [3.8, 4) is 11.3 Å². The van der Waals surface area contributed by atoms with Crippen LogP contribution < -0.4 is 5.32 Å². The number of likely N-dealkylation sites (tertiary alicyclic amines) is 1. The molecule has 1 aliphatic carbocycles. The molecule has 0 bridgehead atoms. The van der Waals surface area contributed by atoms with Crippen molar-refractivity contribution in [2.75, 3.05) is 18.4 Å². The fraction of sp³-hybridized carbons (Fsp3) is 0.474. The third kappa shape index (κ3) is 3.64. The van der Waals surface area contributed by atoms with E-state index in [1.165, 1.54) is 19.3 Å². The molecule has 1 aromatic carbocycles. The molecular weight excluding hydrogens is 336 g/mol. The zero-order chi connectivity index (χ0) is 17.4. The van der Waals surface area contributed by atoms with Crippen LogP contribution >= 0.6 is 11.6 Å². The van der Waals surface area contributed by atoms with Gasteiger partial charge in [-0.1, -0.05) is 23.7 Å². The van der Waals surface area contributed by atoms with Crippen molar-refractivity contribution >= 4 is 17.4 Å². The minimum absolute atomic E-state index is 0.109. The molecule has 4 rings (SSSR count). The Morgan fingerprint density at radius 2 is 1.96 bits per heavy atom. The second-order valence-electron chi connectivity index (χ2n) is 7.36. The first-order chi connectivity index (χ1) is 12.0.